The molecule has 2 heteroatoms. The van der Waals surface area contributed by atoms with Gasteiger partial charge in [0.2, 0.25) is 0 Å². The summed E-state index contributed by atoms with van der Waals surface area (Å²) < 4.78 is 14.0. The predicted molar refractivity (Wildman–Crippen MR) is 119 cm³/mol. The molecule has 1 rings (SSSR count). The lowest BCUT2D eigenvalue weighted by atomic mass is 9.72. The first kappa shape index (κ1) is 23.3. The lowest BCUT2D eigenvalue weighted by Gasteiger charge is -2.32. The lowest BCUT2D eigenvalue weighted by molar-refractivity contribution is 0.377. The smallest absolute Gasteiger partial charge is 0.143 e. The molecule has 0 aliphatic heterocycles. The molecule has 0 aromatic rings. The monoisotopic (exact) mass is 371 g/mol. The molecule has 150 valence electrons. The second kappa shape index (κ2) is 11.9. The average Bonchev–Trinajstić information content (AvgIpc) is 2.60. The molecular formula is C25H38FN. The van der Waals surface area contributed by atoms with E-state index in [4.69, 9.17) is 0 Å². The van der Waals surface area contributed by atoms with Crippen LogP contribution >= 0.6 is 0 Å². The molecule has 0 aromatic heterocycles. The Morgan fingerprint density at radius 1 is 1.19 bits per heavy atom. The Morgan fingerprint density at radius 3 is 2.59 bits per heavy atom. The van der Waals surface area contributed by atoms with E-state index in [-0.39, 0.29) is 11.2 Å². The Morgan fingerprint density at radius 2 is 1.93 bits per heavy atom. The zero-order valence-electron chi connectivity index (χ0n) is 18.2. The predicted octanol–water partition coefficient (Wildman–Crippen LogP) is 8.08. The average molecular weight is 372 g/mol. The van der Waals surface area contributed by atoms with E-state index in [1.54, 1.807) is 13.0 Å². The van der Waals surface area contributed by atoms with Gasteiger partial charge in [-0.2, -0.15) is 0 Å². The first-order valence-corrected chi connectivity index (χ1v) is 10.4. The van der Waals surface area contributed by atoms with E-state index in [9.17, 15) is 4.39 Å². The van der Waals surface area contributed by atoms with E-state index in [0.29, 0.717) is 12.1 Å². The normalized spacial score (nSPS) is 19.6. The fourth-order valence-corrected chi connectivity index (χ4v) is 3.40. The number of nitrogens with zero attached hydrogens (tertiary/aromatic N) is 1. The fraction of sp³-hybridized carbons (Fsp3) is 0.560. The first-order chi connectivity index (χ1) is 12.8. The fourth-order valence-electron chi connectivity index (χ4n) is 3.40. The Labute approximate surface area is 166 Å². The van der Waals surface area contributed by atoms with Gasteiger partial charge in [-0.15, -0.1) is 0 Å². The summed E-state index contributed by atoms with van der Waals surface area (Å²) in [5, 5.41) is 0. The zero-order valence-corrected chi connectivity index (χ0v) is 18.2. The van der Waals surface area contributed by atoms with Crippen molar-refractivity contribution in [2.45, 2.75) is 80.1 Å². The summed E-state index contributed by atoms with van der Waals surface area (Å²) in [4.78, 5) is 4.15. The maximum atomic E-state index is 14.0. The van der Waals surface area contributed by atoms with Crippen LogP contribution in [0.1, 0.15) is 80.1 Å². The summed E-state index contributed by atoms with van der Waals surface area (Å²) in [5.74, 6) is -0.255. The molecule has 0 N–H and O–H groups in total. The molecule has 1 aliphatic carbocycles. The minimum Gasteiger partial charge on any atom is -0.290 e. The highest BCUT2D eigenvalue weighted by Gasteiger charge is 2.26. The van der Waals surface area contributed by atoms with Gasteiger partial charge in [-0.25, -0.2) is 4.39 Å². The van der Waals surface area contributed by atoms with Crippen molar-refractivity contribution in [2.24, 2.45) is 10.4 Å². The molecule has 0 fully saturated rings. The van der Waals surface area contributed by atoms with Crippen molar-refractivity contribution in [3.8, 4) is 0 Å². The van der Waals surface area contributed by atoms with Crippen LogP contribution in [0.4, 0.5) is 4.39 Å². The van der Waals surface area contributed by atoms with Crippen LogP contribution in [0, 0.1) is 5.41 Å². The van der Waals surface area contributed by atoms with Crippen LogP contribution in [0.3, 0.4) is 0 Å². The number of halogens is 1. The molecule has 0 heterocycles. The summed E-state index contributed by atoms with van der Waals surface area (Å²) in [7, 11) is 0. The maximum absolute atomic E-state index is 14.0. The van der Waals surface area contributed by atoms with Gasteiger partial charge >= 0.3 is 0 Å². The van der Waals surface area contributed by atoms with E-state index in [1.807, 2.05) is 12.2 Å². The van der Waals surface area contributed by atoms with E-state index in [0.717, 1.165) is 24.8 Å². The number of rotatable bonds is 9. The summed E-state index contributed by atoms with van der Waals surface area (Å²) in [6, 6.07) is 0. The molecule has 0 bridgehead atoms. The van der Waals surface area contributed by atoms with Crippen LogP contribution in [-0.4, -0.2) is 12.8 Å². The number of hydrogen-bond donors (Lipinski definition) is 0. The van der Waals surface area contributed by atoms with Gasteiger partial charge in [-0.05, 0) is 63.0 Å². The summed E-state index contributed by atoms with van der Waals surface area (Å²) in [6.07, 6.45) is 18.6. The van der Waals surface area contributed by atoms with Crippen molar-refractivity contribution in [1.82, 2.24) is 0 Å². The minimum atomic E-state index is -0.255. The molecule has 27 heavy (non-hydrogen) atoms. The van der Waals surface area contributed by atoms with Gasteiger partial charge in [0, 0.05) is 6.54 Å². The number of allylic oxidation sites excluding steroid dienone is 10. The topological polar surface area (TPSA) is 12.4 Å². The third-order valence-electron chi connectivity index (χ3n) is 5.23. The summed E-state index contributed by atoms with van der Waals surface area (Å²) in [5.41, 5.74) is 4.99. The van der Waals surface area contributed by atoms with Crippen molar-refractivity contribution in [2.75, 3.05) is 6.54 Å². The Hall–Kier alpha value is -1.70. The van der Waals surface area contributed by atoms with Crippen molar-refractivity contribution in [3.05, 3.63) is 58.5 Å². The van der Waals surface area contributed by atoms with Gasteiger partial charge in [0.05, 0.1) is 6.21 Å². The van der Waals surface area contributed by atoms with Gasteiger partial charge in [0.15, 0.2) is 0 Å². The van der Waals surface area contributed by atoms with Gasteiger partial charge in [0.25, 0.3) is 0 Å². The molecule has 0 amide bonds. The molecule has 0 radical (unpaired) electrons. The van der Waals surface area contributed by atoms with Crippen molar-refractivity contribution in [1.29, 1.82) is 0 Å². The first-order valence-electron chi connectivity index (χ1n) is 10.4. The van der Waals surface area contributed by atoms with Crippen LogP contribution in [0.5, 0.6) is 0 Å². The van der Waals surface area contributed by atoms with E-state index < -0.39 is 0 Å². The SMILES string of the molecule is CCCCCN=C/C(F)=C(C)/C=C/C=C(C)/C=C/C1=C(C)CCCC1(C)C. The lowest BCUT2D eigenvalue weighted by Crippen LogP contribution is -2.19. The minimum absolute atomic E-state index is 0.255. The molecule has 0 unspecified atom stereocenters. The molecule has 0 spiro atoms. The number of unbranched alkanes of at least 4 members (excludes halogenated alkanes) is 2. The van der Waals surface area contributed by atoms with Gasteiger partial charge in [-0.1, -0.05) is 75.1 Å². The zero-order chi connectivity index (χ0) is 20.3. The molecule has 0 saturated carbocycles. The molecule has 1 nitrogen and oxygen atoms in total. The van der Waals surface area contributed by atoms with Crippen molar-refractivity contribution in [3.63, 3.8) is 0 Å². The molecule has 0 aromatic carbocycles. The molecule has 1 aliphatic rings. The molecule has 0 saturated heterocycles. The largest absolute Gasteiger partial charge is 0.290 e. The van der Waals surface area contributed by atoms with Crippen molar-refractivity contribution < 1.29 is 4.39 Å². The third kappa shape index (κ3) is 8.69. The number of aliphatic imine (C=N–C) groups is 1. The van der Waals surface area contributed by atoms with E-state index in [2.05, 4.69) is 51.8 Å². The van der Waals surface area contributed by atoms with Crippen LogP contribution in [0.2, 0.25) is 0 Å². The summed E-state index contributed by atoms with van der Waals surface area (Å²) in [6.45, 7) is 13.6. The van der Waals surface area contributed by atoms with Crippen LogP contribution in [0.15, 0.2) is 63.5 Å². The standard InChI is InChI=1S/C25H38FN/c1-7-8-9-18-27-19-24(26)22(4)13-10-12-20(2)15-16-23-21(3)14-11-17-25(23,5)6/h10,12-13,15-16,19H,7-9,11,14,17-18H2,1-6H3/b13-10+,16-15+,20-12+,24-22-,27-19?. The van der Waals surface area contributed by atoms with Crippen LogP contribution < -0.4 is 0 Å². The Balaban J connectivity index is 2.68. The second-order valence-electron chi connectivity index (χ2n) is 8.31. The van der Waals surface area contributed by atoms with E-state index >= 15 is 0 Å². The van der Waals surface area contributed by atoms with E-state index in [1.165, 1.54) is 36.6 Å². The van der Waals surface area contributed by atoms with Crippen molar-refractivity contribution >= 4 is 6.21 Å². The highest BCUT2D eigenvalue weighted by atomic mass is 19.1. The van der Waals surface area contributed by atoms with Crippen LogP contribution in [0.25, 0.3) is 0 Å². The van der Waals surface area contributed by atoms with Gasteiger partial charge in [0.1, 0.15) is 5.83 Å². The Kier molecular flexibility index (Phi) is 10.3. The van der Waals surface area contributed by atoms with Crippen LogP contribution in [-0.2, 0) is 0 Å². The third-order valence-corrected chi connectivity index (χ3v) is 5.23. The van der Waals surface area contributed by atoms with Gasteiger partial charge in [-0.3, -0.25) is 4.99 Å². The Bertz CT molecular complexity index is 654. The quantitative estimate of drug-likeness (QED) is 0.221. The maximum Gasteiger partial charge on any atom is 0.143 e. The summed E-state index contributed by atoms with van der Waals surface area (Å²) >= 11 is 0. The highest BCUT2D eigenvalue weighted by molar-refractivity contribution is 5.77. The van der Waals surface area contributed by atoms with Gasteiger partial charge < -0.3 is 0 Å². The molecular weight excluding hydrogens is 333 g/mol. The highest BCUT2D eigenvalue weighted by Crippen LogP contribution is 2.40. The number of hydrogen-bond acceptors (Lipinski definition) is 1. The second-order valence-corrected chi connectivity index (χ2v) is 8.31. The molecule has 0 atom stereocenters.